The lowest BCUT2D eigenvalue weighted by Crippen LogP contribution is -2.47. The Labute approximate surface area is 173 Å². The topological polar surface area (TPSA) is 23.6 Å². The number of Topliss-reactive ketones (excluding diaryl/α,β-unsaturated/α-hetero) is 1. The van der Waals surface area contributed by atoms with E-state index >= 15 is 0 Å². The second kappa shape index (κ2) is 11.6. The standard InChI is InChI=1S/C20H23ClN2O.2ClH/c21-20-9-5-4-8-18(20)14-19(24)16-23-12-10-22(11-13-23)15-17-6-2-1-3-7-17;;/h1-9H,10-16H2;2*1H. The van der Waals surface area contributed by atoms with Gasteiger partial charge in [-0.2, -0.15) is 0 Å². The Balaban J connectivity index is 0.00000169. The van der Waals surface area contributed by atoms with E-state index in [0.29, 0.717) is 18.0 Å². The van der Waals surface area contributed by atoms with Crippen LogP contribution in [-0.2, 0) is 17.8 Å². The van der Waals surface area contributed by atoms with E-state index in [-0.39, 0.29) is 30.6 Å². The van der Waals surface area contributed by atoms with Gasteiger partial charge in [0, 0.05) is 44.2 Å². The Morgan fingerprint density at radius 2 is 1.42 bits per heavy atom. The van der Waals surface area contributed by atoms with Crippen LogP contribution in [-0.4, -0.2) is 48.3 Å². The van der Waals surface area contributed by atoms with Gasteiger partial charge in [-0.15, -0.1) is 24.8 Å². The minimum absolute atomic E-state index is 0. The normalized spacial score (nSPS) is 15.0. The van der Waals surface area contributed by atoms with Crippen molar-refractivity contribution >= 4 is 42.2 Å². The van der Waals surface area contributed by atoms with E-state index in [4.69, 9.17) is 11.6 Å². The van der Waals surface area contributed by atoms with E-state index in [1.165, 1.54) is 5.56 Å². The van der Waals surface area contributed by atoms with Crippen molar-refractivity contribution in [1.29, 1.82) is 0 Å². The van der Waals surface area contributed by atoms with Crippen LogP contribution in [0.2, 0.25) is 5.02 Å². The molecule has 0 radical (unpaired) electrons. The van der Waals surface area contributed by atoms with Crippen molar-refractivity contribution in [2.45, 2.75) is 13.0 Å². The molecule has 3 nitrogen and oxygen atoms in total. The number of nitrogens with zero attached hydrogens (tertiary/aromatic N) is 2. The fourth-order valence-electron chi connectivity index (χ4n) is 3.11. The van der Waals surface area contributed by atoms with Gasteiger partial charge in [0.2, 0.25) is 0 Å². The molecule has 6 heteroatoms. The van der Waals surface area contributed by atoms with Crippen LogP contribution in [0.5, 0.6) is 0 Å². The molecule has 0 N–H and O–H groups in total. The molecule has 0 saturated carbocycles. The highest BCUT2D eigenvalue weighted by molar-refractivity contribution is 6.31. The van der Waals surface area contributed by atoms with Gasteiger partial charge in [-0.25, -0.2) is 0 Å². The molecule has 1 aliphatic rings. The largest absolute Gasteiger partial charge is 0.298 e. The highest BCUT2D eigenvalue weighted by Crippen LogP contribution is 2.16. The SMILES string of the molecule is Cl.Cl.O=C(Cc1ccccc1Cl)CN1CCN(Cc2ccccc2)CC1. The first-order valence-corrected chi connectivity index (χ1v) is 8.82. The molecule has 0 aliphatic carbocycles. The van der Waals surface area contributed by atoms with E-state index < -0.39 is 0 Å². The first-order valence-electron chi connectivity index (χ1n) is 8.44. The molecule has 0 atom stereocenters. The third-order valence-corrected chi connectivity index (χ3v) is 4.83. The van der Waals surface area contributed by atoms with Gasteiger partial charge in [-0.3, -0.25) is 14.6 Å². The first kappa shape index (κ1) is 22.9. The summed E-state index contributed by atoms with van der Waals surface area (Å²) in [6.07, 6.45) is 0.421. The van der Waals surface area contributed by atoms with Gasteiger partial charge in [0.05, 0.1) is 6.54 Å². The maximum absolute atomic E-state index is 12.3. The maximum Gasteiger partial charge on any atom is 0.151 e. The smallest absolute Gasteiger partial charge is 0.151 e. The number of rotatable bonds is 6. The Morgan fingerprint density at radius 3 is 2.08 bits per heavy atom. The summed E-state index contributed by atoms with van der Waals surface area (Å²) in [6.45, 7) is 5.41. The van der Waals surface area contributed by atoms with E-state index in [1.807, 2.05) is 30.3 Å². The van der Waals surface area contributed by atoms with E-state index in [0.717, 1.165) is 38.3 Å². The zero-order valence-corrected chi connectivity index (χ0v) is 17.0. The van der Waals surface area contributed by atoms with E-state index in [2.05, 4.69) is 34.1 Å². The molecule has 0 amide bonds. The molecule has 3 rings (SSSR count). The summed E-state index contributed by atoms with van der Waals surface area (Å²) < 4.78 is 0. The predicted octanol–water partition coefficient (Wildman–Crippen LogP) is 4.11. The van der Waals surface area contributed by atoms with Crippen LogP contribution >= 0.6 is 36.4 Å². The van der Waals surface area contributed by atoms with Crippen LogP contribution < -0.4 is 0 Å². The number of carbonyl (C=O) groups is 1. The van der Waals surface area contributed by atoms with Crippen LogP contribution in [0.25, 0.3) is 0 Å². The Morgan fingerprint density at radius 1 is 0.846 bits per heavy atom. The third-order valence-electron chi connectivity index (χ3n) is 4.46. The van der Waals surface area contributed by atoms with Crippen LogP contribution in [0.1, 0.15) is 11.1 Å². The number of halogens is 3. The predicted molar refractivity (Wildman–Crippen MR) is 113 cm³/mol. The zero-order valence-electron chi connectivity index (χ0n) is 14.6. The average Bonchev–Trinajstić information content (AvgIpc) is 2.60. The number of hydrogen-bond donors (Lipinski definition) is 0. The zero-order chi connectivity index (χ0) is 16.8. The van der Waals surface area contributed by atoms with Crippen molar-refractivity contribution in [3.05, 3.63) is 70.7 Å². The first-order chi connectivity index (χ1) is 11.7. The second-order valence-electron chi connectivity index (χ2n) is 6.34. The molecule has 142 valence electrons. The van der Waals surface area contributed by atoms with Gasteiger partial charge in [0.25, 0.3) is 0 Å². The summed E-state index contributed by atoms with van der Waals surface area (Å²) in [5.41, 5.74) is 2.27. The Kier molecular flexibility index (Phi) is 10.2. The van der Waals surface area contributed by atoms with Gasteiger partial charge in [-0.1, -0.05) is 60.1 Å². The molecule has 1 saturated heterocycles. The van der Waals surface area contributed by atoms with Crippen LogP contribution in [0.15, 0.2) is 54.6 Å². The summed E-state index contributed by atoms with van der Waals surface area (Å²) >= 11 is 6.13. The molecule has 0 aromatic heterocycles. The quantitative estimate of drug-likeness (QED) is 0.709. The number of carbonyl (C=O) groups excluding carboxylic acids is 1. The van der Waals surface area contributed by atoms with Crippen molar-refractivity contribution in [3.8, 4) is 0 Å². The lowest BCUT2D eigenvalue weighted by molar-refractivity contribution is -0.120. The van der Waals surface area contributed by atoms with Crippen molar-refractivity contribution in [1.82, 2.24) is 9.80 Å². The second-order valence-corrected chi connectivity index (χ2v) is 6.75. The molecule has 26 heavy (non-hydrogen) atoms. The monoisotopic (exact) mass is 414 g/mol. The molecule has 0 unspecified atom stereocenters. The third kappa shape index (κ3) is 6.90. The van der Waals surface area contributed by atoms with Gasteiger partial charge < -0.3 is 0 Å². The highest BCUT2D eigenvalue weighted by atomic mass is 35.5. The van der Waals surface area contributed by atoms with E-state index in [1.54, 1.807) is 0 Å². The minimum atomic E-state index is 0. The van der Waals surface area contributed by atoms with Gasteiger partial charge in [0.15, 0.2) is 5.78 Å². The lowest BCUT2D eigenvalue weighted by Gasteiger charge is -2.34. The Bertz CT molecular complexity index is 674. The van der Waals surface area contributed by atoms with Crippen LogP contribution in [0.4, 0.5) is 0 Å². The van der Waals surface area contributed by atoms with Crippen molar-refractivity contribution in [2.75, 3.05) is 32.7 Å². The Hall–Kier alpha value is -1.10. The summed E-state index contributed by atoms with van der Waals surface area (Å²) in [7, 11) is 0. The average molecular weight is 416 g/mol. The molecule has 0 spiro atoms. The fraction of sp³-hybridized carbons (Fsp3) is 0.350. The van der Waals surface area contributed by atoms with Gasteiger partial charge in [-0.05, 0) is 17.2 Å². The number of benzene rings is 2. The van der Waals surface area contributed by atoms with Crippen molar-refractivity contribution in [3.63, 3.8) is 0 Å². The van der Waals surface area contributed by atoms with Gasteiger partial charge >= 0.3 is 0 Å². The molecular formula is C20H25Cl3N2O. The summed E-state index contributed by atoms with van der Waals surface area (Å²) in [4.78, 5) is 17.0. The highest BCUT2D eigenvalue weighted by Gasteiger charge is 2.19. The molecule has 2 aromatic rings. The van der Waals surface area contributed by atoms with Crippen molar-refractivity contribution in [2.24, 2.45) is 0 Å². The molecule has 1 fully saturated rings. The minimum Gasteiger partial charge on any atom is -0.298 e. The molecular weight excluding hydrogens is 391 g/mol. The van der Waals surface area contributed by atoms with Crippen LogP contribution in [0, 0.1) is 0 Å². The summed E-state index contributed by atoms with van der Waals surface area (Å²) in [6, 6.07) is 18.1. The lowest BCUT2D eigenvalue weighted by atomic mass is 10.1. The van der Waals surface area contributed by atoms with Crippen LogP contribution in [0.3, 0.4) is 0 Å². The fourth-order valence-corrected chi connectivity index (χ4v) is 3.31. The molecule has 2 aromatic carbocycles. The van der Waals surface area contributed by atoms with E-state index in [9.17, 15) is 4.79 Å². The van der Waals surface area contributed by atoms with Gasteiger partial charge in [0.1, 0.15) is 0 Å². The molecule has 0 bridgehead atoms. The summed E-state index contributed by atoms with van der Waals surface area (Å²) in [5, 5.41) is 0.679. The number of hydrogen-bond acceptors (Lipinski definition) is 3. The maximum atomic E-state index is 12.3. The van der Waals surface area contributed by atoms with Crippen molar-refractivity contribution < 1.29 is 4.79 Å². The number of ketones is 1. The number of piperazine rings is 1. The molecule has 1 aliphatic heterocycles. The summed E-state index contributed by atoms with van der Waals surface area (Å²) in [5.74, 6) is 0.236. The molecule has 1 heterocycles.